The van der Waals surface area contributed by atoms with E-state index in [0.717, 1.165) is 42.0 Å². The number of carbonyl (C=O) groups excluding carboxylic acids is 3. The summed E-state index contributed by atoms with van der Waals surface area (Å²) in [4.78, 5) is 37.6. The molecule has 0 spiro atoms. The number of ether oxygens (including phenoxy) is 2. The maximum Gasteiger partial charge on any atom is 0.341 e. The van der Waals surface area contributed by atoms with Crippen molar-refractivity contribution in [1.82, 2.24) is 0 Å². The van der Waals surface area contributed by atoms with Crippen molar-refractivity contribution < 1.29 is 32.3 Å². The SMILES string of the molecule is COC(=O)c1c(NC(=O)COC(=O)c2cc(S(C)(=O)=O)ccc2Cl)sc2c1CCC2. The third kappa shape index (κ3) is 4.66. The minimum atomic E-state index is -3.55. The first-order valence-corrected chi connectivity index (χ1v) is 11.9. The minimum Gasteiger partial charge on any atom is -0.465 e. The average molecular weight is 472 g/mol. The number of anilines is 1. The van der Waals surface area contributed by atoms with Crippen LogP contribution in [0.5, 0.6) is 0 Å². The summed E-state index contributed by atoms with van der Waals surface area (Å²) in [7, 11) is -2.28. The lowest BCUT2D eigenvalue weighted by Crippen LogP contribution is -2.22. The Balaban J connectivity index is 1.70. The Hall–Kier alpha value is -2.43. The number of methoxy groups -OCH3 is 1. The molecule has 0 radical (unpaired) electrons. The van der Waals surface area contributed by atoms with E-state index in [-0.39, 0.29) is 15.5 Å². The molecule has 11 heteroatoms. The van der Waals surface area contributed by atoms with E-state index in [1.165, 1.54) is 30.6 Å². The van der Waals surface area contributed by atoms with Gasteiger partial charge in [-0.05, 0) is 43.0 Å². The van der Waals surface area contributed by atoms with E-state index in [2.05, 4.69) is 5.32 Å². The fourth-order valence-corrected chi connectivity index (χ4v) is 5.21. The van der Waals surface area contributed by atoms with Crippen molar-refractivity contribution in [2.75, 3.05) is 25.3 Å². The maximum absolute atomic E-state index is 12.3. The van der Waals surface area contributed by atoms with Crippen LogP contribution in [0.2, 0.25) is 5.02 Å². The second kappa shape index (κ2) is 8.75. The third-order valence-electron chi connectivity index (χ3n) is 4.48. The van der Waals surface area contributed by atoms with Crippen LogP contribution in [0.1, 0.15) is 37.6 Å². The number of hydrogen-bond donors (Lipinski definition) is 1. The lowest BCUT2D eigenvalue weighted by molar-refractivity contribution is -0.119. The molecule has 1 aromatic heterocycles. The molecule has 8 nitrogen and oxygen atoms in total. The summed E-state index contributed by atoms with van der Waals surface area (Å²) in [6.07, 6.45) is 3.49. The molecule has 30 heavy (non-hydrogen) atoms. The predicted octanol–water partition coefficient (Wildman–Crippen LogP) is 2.88. The van der Waals surface area contributed by atoms with Crippen LogP contribution in [0, 0.1) is 0 Å². The fraction of sp³-hybridized carbons (Fsp3) is 0.316. The lowest BCUT2D eigenvalue weighted by atomic mass is 10.1. The number of amides is 1. The van der Waals surface area contributed by atoms with Crippen LogP contribution in [0.15, 0.2) is 23.1 Å². The van der Waals surface area contributed by atoms with Gasteiger partial charge in [-0.25, -0.2) is 18.0 Å². The quantitative estimate of drug-likeness (QED) is 0.644. The second-order valence-corrected chi connectivity index (χ2v) is 10.1. The highest BCUT2D eigenvalue weighted by Gasteiger charge is 2.28. The molecule has 0 saturated carbocycles. The number of benzene rings is 1. The zero-order valence-electron chi connectivity index (χ0n) is 16.1. The van der Waals surface area contributed by atoms with Crippen molar-refractivity contribution in [3.8, 4) is 0 Å². The summed E-state index contributed by atoms with van der Waals surface area (Å²) in [5.74, 6) is -2.13. The second-order valence-electron chi connectivity index (χ2n) is 6.59. The minimum absolute atomic E-state index is 0.00420. The number of aryl methyl sites for hydroxylation is 1. The third-order valence-corrected chi connectivity index (χ3v) is 7.13. The van der Waals surface area contributed by atoms with E-state index >= 15 is 0 Å². The summed E-state index contributed by atoms with van der Waals surface area (Å²) in [5.41, 5.74) is 1.04. The van der Waals surface area contributed by atoms with Gasteiger partial charge in [0.25, 0.3) is 5.91 Å². The number of nitrogens with one attached hydrogen (secondary N) is 1. The number of rotatable bonds is 6. The van der Waals surface area contributed by atoms with Crippen molar-refractivity contribution in [3.05, 3.63) is 44.8 Å². The summed E-state index contributed by atoms with van der Waals surface area (Å²) in [6.45, 7) is -0.637. The van der Waals surface area contributed by atoms with Gasteiger partial charge < -0.3 is 14.8 Å². The number of hydrogen-bond acceptors (Lipinski definition) is 8. The maximum atomic E-state index is 12.3. The number of esters is 2. The largest absolute Gasteiger partial charge is 0.465 e. The Kier molecular flexibility index (Phi) is 6.49. The number of carbonyl (C=O) groups is 3. The molecule has 1 heterocycles. The standard InChI is InChI=1S/C19H18ClNO7S2/c1-27-19(24)16-11-4-3-5-14(11)29-17(16)21-15(22)9-28-18(23)12-8-10(30(2,25)26)6-7-13(12)20/h6-8H,3-5,9H2,1-2H3,(H,21,22). The van der Waals surface area contributed by atoms with E-state index in [9.17, 15) is 22.8 Å². The van der Waals surface area contributed by atoms with Gasteiger partial charge in [0.1, 0.15) is 5.00 Å². The van der Waals surface area contributed by atoms with Crippen molar-refractivity contribution >= 4 is 55.6 Å². The predicted molar refractivity (Wildman–Crippen MR) is 111 cm³/mol. The molecule has 160 valence electrons. The highest BCUT2D eigenvalue weighted by molar-refractivity contribution is 7.90. The molecular weight excluding hydrogens is 454 g/mol. The first kappa shape index (κ1) is 22.3. The van der Waals surface area contributed by atoms with E-state index in [1.54, 1.807) is 0 Å². The van der Waals surface area contributed by atoms with Gasteiger partial charge in [-0.1, -0.05) is 11.6 Å². The Labute approximate surface area is 182 Å². The number of fused-ring (bicyclic) bond motifs is 1. The molecular formula is C19H18ClNO7S2. The molecule has 0 unspecified atom stereocenters. The van der Waals surface area contributed by atoms with Gasteiger partial charge in [-0.3, -0.25) is 4.79 Å². The molecule has 0 aliphatic heterocycles. The van der Waals surface area contributed by atoms with Gasteiger partial charge in [0, 0.05) is 11.1 Å². The van der Waals surface area contributed by atoms with Gasteiger partial charge in [-0.2, -0.15) is 0 Å². The van der Waals surface area contributed by atoms with Crippen LogP contribution in [-0.2, 0) is 36.9 Å². The zero-order chi connectivity index (χ0) is 22.1. The normalized spacial score (nSPS) is 12.9. The molecule has 1 aliphatic carbocycles. The molecule has 0 saturated heterocycles. The highest BCUT2D eigenvalue weighted by Crippen LogP contribution is 2.39. The molecule has 2 aromatic rings. The van der Waals surface area contributed by atoms with Crippen molar-refractivity contribution in [2.45, 2.75) is 24.2 Å². The Morgan fingerprint density at radius 3 is 2.60 bits per heavy atom. The Morgan fingerprint density at radius 2 is 1.93 bits per heavy atom. The molecule has 1 amide bonds. The van der Waals surface area contributed by atoms with Gasteiger partial charge in [0.15, 0.2) is 16.4 Å². The molecule has 0 fully saturated rings. The van der Waals surface area contributed by atoms with Gasteiger partial charge >= 0.3 is 11.9 Å². The van der Waals surface area contributed by atoms with Gasteiger partial charge in [0.05, 0.1) is 28.2 Å². The van der Waals surface area contributed by atoms with Crippen molar-refractivity contribution in [1.29, 1.82) is 0 Å². The lowest BCUT2D eigenvalue weighted by Gasteiger charge is -2.09. The van der Waals surface area contributed by atoms with Crippen LogP contribution in [-0.4, -0.2) is 46.2 Å². The first-order chi connectivity index (χ1) is 14.1. The van der Waals surface area contributed by atoms with E-state index in [1.807, 2.05) is 0 Å². The molecule has 0 bridgehead atoms. The van der Waals surface area contributed by atoms with Crippen LogP contribution >= 0.6 is 22.9 Å². The summed E-state index contributed by atoms with van der Waals surface area (Å²) >= 11 is 7.25. The van der Waals surface area contributed by atoms with Crippen molar-refractivity contribution in [2.24, 2.45) is 0 Å². The molecule has 0 atom stereocenters. The summed E-state index contributed by atoms with van der Waals surface area (Å²) < 4.78 is 33.1. The smallest absolute Gasteiger partial charge is 0.341 e. The topological polar surface area (TPSA) is 116 Å². The van der Waals surface area contributed by atoms with Crippen LogP contribution < -0.4 is 5.32 Å². The van der Waals surface area contributed by atoms with Gasteiger partial charge in [0.2, 0.25) is 0 Å². The first-order valence-electron chi connectivity index (χ1n) is 8.81. The fourth-order valence-electron chi connectivity index (χ4n) is 3.07. The van der Waals surface area contributed by atoms with Gasteiger partial charge in [-0.15, -0.1) is 11.3 Å². The summed E-state index contributed by atoms with van der Waals surface area (Å²) in [5, 5.41) is 2.93. The zero-order valence-corrected chi connectivity index (χ0v) is 18.5. The summed E-state index contributed by atoms with van der Waals surface area (Å²) in [6, 6.07) is 3.63. The molecule has 3 rings (SSSR count). The monoisotopic (exact) mass is 471 g/mol. The number of sulfone groups is 1. The van der Waals surface area contributed by atoms with Crippen LogP contribution in [0.4, 0.5) is 5.00 Å². The molecule has 1 N–H and O–H groups in total. The highest BCUT2D eigenvalue weighted by atomic mass is 35.5. The van der Waals surface area contributed by atoms with Crippen LogP contribution in [0.25, 0.3) is 0 Å². The Morgan fingerprint density at radius 1 is 1.20 bits per heavy atom. The van der Waals surface area contributed by atoms with E-state index in [4.69, 9.17) is 21.1 Å². The molecule has 1 aliphatic rings. The molecule has 1 aromatic carbocycles. The van der Waals surface area contributed by atoms with Crippen LogP contribution in [0.3, 0.4) is 0 Å². The Bertz CT molecular complexity index is 1140. The average Bonchev–Trinajstić information content (AvgIpc) is 3.25. The van der Waals surface area contributed by atoms with E-state index < -0.39 is 34.3 Å². The number of halogens is 1. The van der Waals surface area contributed by atoms with Crippen molar-refractivity contribution in [3.63, 3.8) is 0 Å². The number of thiophene rings is 1. The van der Waals surface area contributed by atoms with E-state index in [0.29, 0.717) is 10.6 Å².